The van der Waals surface area contributed by atoms with Crippen LogP contribution in [0.15, 0.2) is 41.7 Å². The van der Waals surface area contributed by atoms with Gasteiger partial charge in [0.2, 0.25) is 0 Å². The van der Waals surface area contributed by atoms with E-state index in [9.17, 15) is 24.1 Å². The maximum absolute atomic E-state index is 14.6. The monoisotopic (exact) mass is 846 g/mol. The Morgan fingerprint density at radius 3 is 2.25 bits per heavy atom. The van der Waals surface area contributed by atoms with E-state index >= 15 is 0 Å². The lowest BCUT2D eigenvalue weighted by Crippen LogP contribution is -2.48. The molecule has 3 aromatic rings. The summed E-state index contributed by atoms with van der Waals surface area (Å²) in [5.74, 6) is -0.436. The number of halogens is 1. The van der Waals surface area contributed by atoms with Crippen molar-refractivity contribution in [2.45, 2.75) is 146 Å². The highest BCUT2D eigenvalue weighted by Gasteiger charge is 2.55. The van der Waals surface area contributed by atoms with Crippen molar-refractivity contribution in [1.82, 2.24) is 14.6 Å². The third-order valence-electron chi connectivity index (χ3n) is 10.6. The summed E-state index contributed by atoms with van der Waals surface area (Å²) < 4.78 is 57.8. The lowest BCUT2D eigenvalue weighted by molar-refractivity contribution is -0.0704. The fourth-order valence-electron chi connectivity index (χ4n) is 7.19. The number of benzene rings is 1. The highest BCUT2D eigenvalue weighted by atomic mass is 31.2. The first-order chi connectivity index (χ1) is 28.5. The number of nitrogens with two attached hydrogens (primary N) is 1. The molecule has 2 aromatic heterocycles. The molecule has 15 nitrogen and oxygen atoms in total. The van der Waals surface area contributed by atoms with E-state index in [1.807, 2.05) is 6.07 Å². The van der Waals surface area contributed by atoms with Gasteiger partial charge in [-0.15, -0.1) is 0 Å². The van der Waals surface area contributed by atoms with Crippen LogP contribution in [-0.4, -0.2) is 93.3 Å². The Morgan fingerprint density at radius 1 is 1.00 bits per heavy atom. The fourth-order valence-corrected chi connectivity index (χ4v) is 7.98. The number of ether oxygens (including phenoxy) is 3. The second kappa shape index (κ2) is 25.4. The summed E-state index contributed by atoms with van der Waals surface area (Å²) in [6.07, 6.45) is 17.3. The van der Waals surface area contributed by atoms with Crippen LogP contribution >= 0.6 is 7.82 Å². The number of anilines is 1. The summed E-state index contributed by atoms with van der Waals surface area (Å²) in [4.78, 5) is 18.7. The van der Waals surface area contributed by atoms with E-state index in [-0.39, 0.29) is 30.2 Å². The van der Waals surface area contributed by atoms with Crippen molar-refractivity contribution in [3.63, 3.8) is 0 Å². The average Bonchev–Trinajstić information content (AvgIpc) is 3.76. The quantitative estimate of drug-likeness (QED) is 0.0290. The molecule has 5 N–H and O–H groups in total. The maximum atomic E-state index is 14.6. The molecule has 4 rings (SSSR count). The standard InChI is InChI=1S/C42H64FN6O9P/c1-3-4-5-6-7-8-9-10-11-12-13-14-15-16-17-18-23-54-27-34(55-26-33-20-19-32(25-44)24-35(33)43)28-56-59(52,53)57-30-42(29-46-2)40(51)38(50)39(58-42)36-21-22-37-41(45)47-31-48-49(36)37/h19-22,24,29,31,34,38-40,50-51H,3-18,23,26-28,30H2,1-2H3,(H,52,53)(H2,45,47,48)/t34-,38+,39+,40+,42-/m1/s1. The molecule has 0 spiro atoms. The number of aliphatic hydroxyl groups is 2. The molecule has 17 heteroatoms. The van der Waals surface area contributed by atoms with E-state index in [1.54, 1.807) is 12.1 Å². The number of nitrogens with zero attached hydrogens (tertiary/aromatic N) is 5. The zero-order valence-electron chi connectivity index (χ0n) is 34.6. The number of aliphatic hydroxyl groups excluding tert-OH is 2. The average molecular weight is 847 g/mol. The van der Waals surface area contributed by atoms with Crippen LogP contribution in [0.5, 0.6) is 0 Å². The number of rotatable bonds is 30. The summed E-state index contributed by atoms with van der Waals surface area (Å²) in [6.45, 7) is 1.26. The Hall–Kier alpha value is -3.36. The number of hydrogen-bond acceptors (Lipinski definition) is 13. The topological polar surface area (TPSA) is 216 Å². The number of nitriles is 1. The molecule has 0 aliphatic carbocycles. The molecule has 59 heavy (non-hydrogen) atoms. The van der Waals surface area contributed by atoms with Gasteiger partial charge in [0.05, 0.1) is 43.8 Å². The first-order valence-electron chi connectivity index (χ1n) is 21.1. The molecule has 1 aromatic carbocycles. The van der Waals surface area contributed by atoms with E-state index in [0.29, 0.717) is 17.8 Å². The molecule has 6 atom stereocenters. The minimum Gasteiger partial charge on any atom is -0.387 e. The van der Waals surface area contributed by atoms with Gasteiger partial charge in [-0.2, -0.15) is 10.4 Å². The van der Waals surface area contributed by atoms with Crippen LogP contribution in [0, 0.1) is 17.1 Å². The second-order valence-electron chi connectivity index (χ2n) is 15.3. The van der Waals surface area contributed by atoms with Gasteiger partial charge in [-0.25, -0.2) is 18.5 Å². The van der Waals surface area contributed by atoms with Crippen molar-refractivity contribution in [2.75, 3.05) is 39.2 Å². The molecule has 0 bridgehead atoms. The molecule has 1 unspecified atom stereocenters. The molecular formula is C42H64FN6O9P. The highest BCUT2D eigenvalue weighted by Crippen LogP contribution is 2.47. The van der Waals surface area contributed by atoms with Crippen LogP contribution in [0.1, 0.15) is 133 Å². The van der Waals surface area contributed by atoms with Gasteiger partial charge in [0.1, 0.15) is 42.1 Å². The van der Waals surface area contributed by atoms with Gasteiger partial charge in [-0.05, 0) is 30.7 Å². The number of phosphoric ester groups is 1. The van der Waals surface area contributed by atoms with Crippen LogP contribution in [0.25, 0.3) is 5.52 Å². The Kier molecular flexibility index (Phi) is 20.8. The van der Waals surface area contributed by atoms with Crippen molar-refractivity contribution in [3.8, 4) is 6.07 Å². The Balaban J connectivity index is 1.23. The van der Waals surface area contributed by atoms with Crippen LogP contribution in [-0.2, 0) is 34.4 Å². The van der Waals surface area contributed by atoms with Gasteiger partial charge < -0.3 is 35.1 Å². The minimum atomic E-state index is -4.85. The van der Waals surface area contributed by atoms with Crippen LogP contribution in [0.4, 0.5) is 10.2 Å². The van der Waals surface area contributed by atoms with Gasteiger partial charge >= 0.3 is 7.82 Å². The van der Waals surface area contributed by atoms with Crippen molar-refractivity contribution in [2.24, 2.45) is 4.99 Å². The smallest absolute Gasteiger partial charge is 0.387 e. The molecule has 1 aliphatic rings. The van der Waals surface area contributed by atoms with E-state index in [2.05, 4.69) is 22.0 Å². The van der Waals surface area contributed by atoms with Crippen molar-refractivity contribution >= 4 is 25.4 Å². The molecule has 0 radical (unpaired) electrons. The summed E-state index contributed by atoms with van der Waals surface area (Å²) in [7, 11) is -3.45. The third-order valence-corrected chi connectivity index (χ3v) is 11.5. The van der Waals surface area contributed by atoms with Crippen molar-refractivity contribution < 1.29 is 47.3 Å². The minimum absolute atomic E-state index is 0.0158. The summed E-state index contributed by atoms with van der Waals surface area (Å²) >= 11 is 0. The number of fused-ring (bicyclic) bond motifs is 1. The molecule has 3 heterocycles. The molecule has 1 fully saturated rings. The normalized spacial score (nSPS) is 21.0. The van der Waals surface area contributed by atoms with E-state index in [4.69, 9.17) is 34.3 Å². The second-order valence-corrected chi connectivity index (χ2v) is 16.7. The zero-order valence-corrected chi connectivity index (χ0v) is 35.5. The highest BCUT2D eigenvalue weighted by molar-refractivity contribution is 7.47. The number of phosphoric acid groups is 1. The number of aromatic nitrogens is 3. The Bertz CT molecular complexity index is 1810. The van der Waals surface area contributed by atoms with Gasteiger partial charge in [-0.1, -0.05) is 109 Å². The summed E-state index contributed by atoms with van der Waals surface area (Å²) in [6, 6.07) is 9.13. The molecule has 0 amide bonds. The molecular weight excluding hydrogens is 782 g/mol. The number of hydrogen-bond donors (Lipinski definition) is 4. The molecule has 328 valence electrons. The van der Waals surface area contributed by atoms with Crippen molar-refractivity contribution in [3.05, 3.63) is 59.3 Å². The van der Waals surface area contributed by atoms with Crippen LogP contribution in [0.2, 0.25) is 0 Å². The SMILES string of the molecule is CCCCCCCCCCCCCCCCCCOC[C@H](COP(=O)(O)OC[C@@]1(C=NC)O[C@@H](c2ccc3c(N)ncnn23)[C@H](O)[C@@H]1O)OCc1ccc(C#N)cc1F. The van der Waals surface area contributed by atoms with Gasteiger partial charge in [0.25, 0.3) is 0 Å². The zero-order chi connectivity index (χ0) is 42.5. The van der Waals surface area contributed by atoms with E-state index < -0.39 is 56.9 Å². The number of aliphatic imine (C=N–C) groups is 1. The van der Waals surface area contributed by atoms with E-state index in [0.717, 1.165) is 25.3 Å². The lowest BCUT2D eigenvalue weighted by Gasteiger charge is -2.28. The third kappa shape index (κ3) is 15.3. The Morgan fingerprint density at radius 2 is 1.64 bits per heavy atom. The van der Waals surface area contributed by atoms with Crippen LogP contribution < -0.4 is 5.73 Å². The number of nitrogen functional groups attached to an aromatic ring is 1. The van der Waals surface area contributed by atoms with Crippen LogP contribution in [0.3, 0.4) is 0 Å². The molecule has 1 aliphatic heterocycles. The predicted octanol–water partition coefficient (Wildman–Crippen LogP) is 7.55. The summed E-state index contributed by atoms with van der Waals surface area (Å²) in [5.41, 5.74) is 5.23. The first kappa shape index (κ1) is 48.3. The van der Waals surface area contributed by atoms with E-state index in [1.165, 1.54) is 120 Å². The summed E-state index contributed by atoms with van der Waals surface area (Å²) in [5, 5.41) is 35.5. The largest absolute Gasteiger partial charge is 0.472 e. The van der Waals surface area contributed by atoms with Gasteiger partial charge in [0, 0.05) is 25.4 Å². The molecule has 1 saturated heterocycles. The Labute approximate surface area is 347 Å². The molecule has 0 saturated carbocycles. The van der Waals surface area contributed by atoms with Gasteiger partial charge in [-0.3, -0.25) is 14.0 Å². The van der Waals surface area contributed by atoms with Crippen molar-refractivity contribution in [1.29, 1.82) is 5.26 Å². The van der Waals surface area contributed by atoms with Gasteiger partial charge in [0.15, 0.2) is 11.4 Å². The number of unbranched alkanes of at least 4 members (excludes halogenated alkanes) is 15. The first-order valence-corrected chi connectivity index (χ1v) is 22.6. The lowest BCUT2D eigenvalue weighted by atomic mass is 9.96. The predicted molar refractivity (Wildman–Crippen MR) is 222 cm³/mol. The maximum Gasteiger partial charge on any atom is 0.472 e. The fraction of sp³-hybridized carbons (Fsp3) is 0.667.